The summed E-state index contributed by atoms with van der Waals surface area (Å²) in [7, 11) is 0. The zero-order chi connectivity index (χ0) is 19.6. The van der Waals surface area contributed by atoms with Gasteiger partial charge in [-0.25, -0.2) is 0 Å². The predicted molar refractivity (Wildman–Crippen MR) is 104 cm³/mol. The molecule has 2 rings (SSSR count). The molecule has 27 heavy (non-hydrogen) atoms. The first-order valence-corrected chi connectivity index (χ1v) is 9.67. The third kappa shape index (κ3) is 7.62. The van der Waals surface area contributed by atoms with E-state index in [4.69, 9.17) is 5.11 Å². The van der Waals surface area contributed by atoms with Crippen LogP contribution in [0, 0.1) is 0 Å². The van der Waals surface area contributed by atoms with Crippen molar-refractivity contribution in [3.05, 3.63) is 58.3 Å². The highest BCUT2D eigenvalue weighted by Gasteiger charge is 2.21. The molecule has 6 nitrogen and oxygen atoms in total. The Balaban J connectivity index is 2.01. The van der Waals surface area contributed by atoms with Crippen molar-refractivity contribution in [2.75, 3.05) is 0 Å². The molecule has 2 atom stereocenters. The number of carbonyl (C=O) groups excluding carboxylic acids is 2. The van der Waals surface area contributed by atoms with Crippen molar-refractivity contribution in [3.63, 3.8) is 0 Å². The minimum atomic E-state index is -0.892. The molecule has 0 fully saturated rings. The lowest BCUT2D eigenvalue weighted by Gasteiger charge is -2.21. The molecule has 0 spiro atoms. The first-order chi connectivity index (χ1) is 12.9. The van der Waals surface area contributed by atoms with Crippen LogP contribution in [0.2, 0.25) is 0 Å². The standard InChI is InChI=1S/C20H24N2O4S/c1-14(23)21-17(18-8-5-11-27-18)13-19(24)22-16(9-10-20(25)26)12-15-6-3-2-4-7-15/h2-8,11,16-17H,9-10,12-13H2,1H3,(H,21,23)(H,22,24)(H,25,26). The van der Waals surface area contributed by atoms with Gasteiger partial charge in [0, 0.05) is 24.3 Å². The van der Waals surface area contributed by atoms with Crippen LogP contribution in [0.3, 0.4) is 0 Å². The smallest absolute Gasteiger partial charge is 0.303 e. The van der Waals surface area contributed by atoms with Crippen LogP contribution in [0.25, 0.3) is 0 Å². The summed E-state index contributed by atoms with van der Waals surface area (Å²) in [6.07, 6.45) is 1.000. The van der Waals surface area contributed by atoms with E-state index in [1.54, 1.807) is 0 Å². The molecule has 0 saturated carbocycles. The number of hydrogen-bond donors (Lipinski definition) is 3. The van der Waals surface area contributed by atoms with E-state index in [0.29, 0.717) is 12.8 Å². The van der Waals surface area contributed by atoms with Gasteiger partial charge in [-0.05, 0) is 29.9 Å². The van der Waals surface area contributed by atoms with Crippen molar-refractivity contribution in [3.8, 4) is 0 Å². The van der Waals surface area contributed by atoms with Crippen LogP contribution in [0.15, 0.2) is 47.8 Å². The summed E-state index contributed by atoms with van der Waals surface area (Å²) in [5, 5.41) is 16.6. The summed E-state index contributed by atoms with van der Waals surface area (Å²) in [5.74, 6) is -1.31. The number of nitrogens with one attached hydrogen (secondary N) is 2. The normalized spacial score (nSPS) is 12.8. The van der Waals surface area contributed by atoms with Crippen molar-refractivity contribution in [1.82, 2.24) is 10.6 Å². The Bertz CT molecular complexity index is 747. The van der Waals surface area contributed by atoms with Crippen molar-refractivity contribution in [2.45, 2.75) is 44.7 Å². The monoisotopic (exact) mass is 388 g/mol. The Kier molecular flexibility index (Phi) is 8.00. The molecule has 2 unspecified atom stereocenters. The first kappa shape index (κ1) is 20.6. The van der Waals surface area contributed by atoms with Gasteiger partial charge in [0.15, 0.2) is 0 Å². The highest BCUT2D eigenvalue weighted by molar-refractivity contribution is 7.10. The quantitative estimate of drug-likeness (QED) is 0.583. The van der Waals surface area contributed by atoms with Gasteiger partial charge < -0.3 is 15.7 Å². The van der Waals surface area contributed by atoms with E-state index in [9.17, 15) is 14.4 Å². The van der Waals surface area contributed by atoms with Gasteiger partial charge in [0.25, 0.3) is 0 Å². The number of thiophene rings is 1. The van der Waals surface area contributed by atoms with Crippen LogP contribution in [-0.2, 0) is 20.8 Å². The molecule has 144 valence electrons. The molecule has 0 aliphatic heterocycles. The van der Waals surface area contributed by atoms with Crippen LogP contribution in [0.5, 0.6) is 0 Å². The molecular formula is C20H24N2O4S. The average molecular weight is 388 g/mol. The molecule has 0 saturated heterocycles. The molecular weight excluding hydrogens is 364 g/mol. The van der Waals surface area contributed by atoms with Crippen molar-refractivity contribution in [2.24, 2.45) is 0 Å². The highest BCUT2D eigenvalue weighted by atomic mass is 32.1. The van der Waals surface area contributed by atoms with Gasteiger partial charge >= 0.3 is 5.97 Å². The lowest BCUT2D eigenvalue weighted by Crippen LogP contribution is -2.39. The van der Waals surface area contributed by atoms with E-state index in [-0.39, 0.29) is 36.7 Å². The summed E-state index contributed by atoms with van der Waals surface area (Å²) in [5.41, 5.74) is 1.03. The van der Waals surface area contributed by atoms with Crippen LogP contribution >= 0.6 is 11.3 Å². The molecule has 0 aliphatic carbocycles. The fourth-order valence-electron chi connectivity index (χ4n) is 2.85. The van der Waals surface area contributed by atoms with E-state index in [2.05, 4.69) is 10.6 Å². The minimum absolute atomic E-state index is 0.0160. The number of amides is 2. The predicted octanol–water partition coefficient (Wildman–Crippen LogP) is 2.91. The molecule has 0 bridgehead atoms. The van der Waals surface area contributed by atoms with Gasteiger partial charge in [0.05, 0.1) is 12.5 Å². The largest absolute Gasteiger partial charge is 0.481 e. The van der Waals surface area contributed by atoms with E-state index >= 15 is 0 Å². The Morgan fingerprint density at radius 2 is 1.81 bits per heavy atom. The number of carboxylic acids is 1. The van der Waals surface area contributed by atoms with Gasteiger partial charge in [0.2, 0.25) is 11.8 Å². The summed E-state index contributed by atoms with van der Waals surface area (Å²) in [4.78, 5) is 35.9. The molecule has 3 N–H and O–H groups in total. The SMILES string of the molecule is CC(=O)NC(CC(=O)NC(CCC(=O)O)Cc1ccccc1)c1cccs1. The molecule has 7 heteroatoms. The third-order valence-electron chi connectivity index (χ3n) is 4.05. The van der Waals surface area contributed by atoms with Gasteiger partial charge in [-0.3, -0.25) is 14.4 Å². The van der Waals surface area contributed by atoms with Crippen LogP contribution in [0.1, 0.15) is 42.7 Å². The lowest BCUT2D eigenvalue weighted by atomic mass is 10.0. The fourth-order valence-corrected chi connectivity index (χ4v) is 3.63. The Morgan fingerprint density at radius 3 is 2.41 bits per heavy atom. The number of benzene rings is 1. The number of rotatable bonds is 10. The maximum atomic E-state index is 12.6. The number of carboxylic acid groups (broad SMARTS) is 1. The minimum Gasteiger partial charge on any atom is -0.481 e. The van der Waals surface area contributed by atoms with Gasteiger partial charge in [-0.2, -0.15) is 0 Å². The molecule has 2 amide bonds. The van der Waals surface area contributed by atoms with E-state index in [1.165, 1.54) is 18.3 Å². The van der Waals surface area contributed by atoms with Crippen LogP contribution < -0.4 is 10.6 Å². The van der Waals surface area contributed by atoms with Gasteiger partial charge in [-0.15, -0.1) is 11.3 Å². The highest BCUT2D eigenvalue weighted by Crippen LogP contribution is 2.22. The molecule has 0 aliphatic rings. The summed E-state index contributed by atoms with van der Waals surface area (Å²) >= 11 is 1.48. The average Bonchev–Trinajstić information content (AvgIpc) is 3.14. The molecule has 2 aromatic rings. The van der Waals surface area contributed by atoms with E-state index in [1.807, 2.05) is 47.8 Å². The maximum Gasteiger partial charge on any atom is 0.303 e. The second-order valence-corrected chi connectivity index (χ2v) is 7.34. The number of hydrogen-bond acceptors (Lipinski definition) is 4. The van der Waals surface area contributed by atoms with Crippen LogP contribution in [-0.4, -0.2) is 28.9 Å². The third-order valence-corrected chi connectivity index (χ3v) is 5.04. The molecule has 1 aromatic heterocycles. The molecule has 0 radical (unpaired) electrons. The molecule has 1 heterocycles. The first-order valence-electron chi connectivity index (χ1n) is 8.79. The van der Waals surface area contributed by atoms with Crippen molar-refractivity contribution < 1.29 is 19.5 Å². The second kappa shape index (κ2) is 10.5. The summed E-state index contributed by atoms with van der Waals surface area (Å²) in [6.45, 7) is 1.42. The fraction of sp³-hybridized carbons (Fsp3) is 0.350. The molecule has 1 aromatic carbocycles. The zero-order valence-electron chi connectivity index (χ0n) is 15.2. The topological polar surface area (TPSA) is 95.5 Å². The summed E-state index contributed by atoms with van der Waals surface area (Å²) < 4.78 is 0. The van der Waals surface area contributed by atoms with Gasteiger partial charge in [-0.1, -0.05) is 36.4 Å². The van der Waals surface area contributed by atoms with E-state index in [0.717, 1.165) is 10.4 Å². The second-order valence-electron chi connectivity index (χ2n) is 6.36. The number of carbonyl (C=O) groups is 3. The lowest BCUT2D eigenvalue weighted by molar-refractivity contribution is -0.137. The summed E-state index contributed by atoms with van der Waals surface area (Å²) in [6, 6.07) is 12.7. The van der Waals surface area contributed by atoms with E-state index < -0.39 is 5.97 Å². The van der Waals surface area contributed by atoms with Crippen molar-refractivity contribution in [1.29, 1.82) is 0 Å². The van der Waals surface area contributed by atoms with Gasteiger partial charge in [0.1, 0.15) is 0 Å². The Labute approximate surface area is 162 Å². The van der Waals surface area contributed by atoms with Crippen molar-refractivity contribution >= 4 is 29.1 Å². The number of aliphatic carboxylic acids is 1. The van der Waals surface area contributed by atoms with Crippen LogP contribution in [0.4, 0.5) is 0 Å². The Morgan fingerprint density at radius 1 is 1.07 bits per heavy atom. The zero-order valence-corrected chi connectivity index (χ0v) is 16.0. The maximum absolute atomic E-state index is 12.6. The Hall–Kier alpha value is -2.67.